The highest BCUT2D eigenvalue weighted by molar-refractivity contribution is 6.30. The minimum absolute atomic E-state index is 0.0160. The van der Waals surface area contributed by atoms with Gasteiger partial charge in [-0.2, -0.15) is 0 Å². The van der Waals surface area contributed by atoms with E-state index in [1.807, 2.05) is 43.3 Å². The molecule has 5 nitrogen and oxygen atoms in total. The average molecular weight is 389 g/mol. The summed E-state index contributed by atoms with van der Waals surface area (Å²) in [5.41, 5.74) is 1.13. The maximum atomic E-state index is 12.5. The van der Waals surface area contributed by atoms with Gasteiger partial charge >= 0.3 is 0 Å². The summed E-state index contributed by atoms with van der Waals surface area (Å²) >= 11 is 5.90. The molecule has 0 saturated carbocycles. The zero-order valence-electron chi connectivity index (χ0n) is 15.5. The van der Waals surface area contributed by atoms with Crippen LogP contribution in [0, 0.1) is 12.8 Å². The summed E-state index contributed by atoms with van der Waals surface area (Å²) in [6.45, 7) is 3.55. The lowest BCUT2D eigenvalue weighted by molar-refractivity contribution is -0.138. The summed E-state index contributed by atoms with van der Waals surface area (Å²) in [4.78, 5) is 26.5. The summed E-state index contributed by atoms with van der Waals surface area (Å²) in [6.07, 6.45) is 2.47. The van der Waals surface area contributed by atoms with E-state index in [0.717, 1.165) is 23.5 Å². The van der Waals surface area contributed by atoms with Crippen molar-refractivity contribution < 1.29 is 14.0 Å². The van der Waals surface area contributed by atoms with Crippen LogP contribution in [0.3, 0.4) is 0 Å². The summed E-state index contributed by atoms with van der Waals surface area (Å²) < 4.78 is 5.51. The Morgan fingerprint density at radius 2 is 2.00 bits per heavy atom. The molecule has 2 amide bonds. The maximum Gasteiger partial charge on any atom is 0.224 e. The number of amides is 2. The minimum atomic E-state index is -0.147. The van der Waals surface area contributed by atoms with Gasteiger partial charge in [-0.15, -0.1) is 0 Å². The Balaban J connectivity index is 1.46. The molecule has 1 aromatic carbocycles. The van der Waals surface area contributed by atoms with Gasteiger partial charge in [0.05, 0.1) is 5.92 Å². The molecule has 2 heterocycles. The fourth-order valence-corrected chi connectivity index (χ4v) is 3.46. The Labute approximate surface area is 164 Å². The largest absolute Gasteiger partial charge is 0.466 e. The van der Waals surface area contributed by atoms with Crippen LogP contribution in [0.15, 0.2) is 40.8 Å². The number of nitrogens with one attached hydrogen (secondary N) is 1. The van der Waals surface area contributed by atoms with Crippen molar-refractivity contribution in [2.24, 2.45) is 5.92 Å². The standard InChI is InChI=1S/C21H25ClN2O3/c1-15-2-8-19(27-15)10-12-23-21(26)17-5-9-20(25)24(14-17)13-11-16-3-6-18(22)7-4-16/h2-4,6-8,17H,5,9-14H2,1H3,(H,23,26). The number of rotatable bonds is 7. The molecule has 1 aromatic heterocycles. The number of hydrogen-bond acceptors (Lipinski definition) is 3. The molecule has 6 heteroatoms. The number of halogens is 1. The van der Waals surface area contributed by atoms with Crippen molar-refractivity contribution in [1.29, 1.82) is 0 Å². The lowest BCUT2D eigenvalue weighted by atomic mass is 9.96. The van der Waals surface area contributed by atoms with Crippen LogP contribution in [0.1, 0.15) is 29.9 Å². The van der Waals surface area contributed by atoms with Crippen molar-refractivity contribution in [2.75, 3.05) is 19.6 Å². The SMILES string of the molecule is Cc1ccc(CCNC(=O)C2CCC(=O)N(CCc3ccc(Cl)cc3)C2)o1. The zero-order valence-corrected chi connectivity index (χ0v) is 16.3. The number of likely N-dealkylation sites (tertiary alicyclic amines) is 1. The molecular formula is C21H25ClN2O3. The first kappa shape index (κ1) is 19.5. The van der Waals surface area contributed by atoms with Crippen molar-refractivity contribution in [3.8, 4) is 0 Å². The minimum Gasteiger partial charge on any atom is -0.466 e. The lowest BCUT2D eigenvalue weighted by Crippen LogP contribution is -2.46. The van der Waals surface area contributed by atoms with Crippen LogP contribution < -0.4 is 5.32 Å². The third-order valence-corrected chi connectivity index (χ3v) is 5.17. The zero-order chi connectivity index (χ0) is 19.2. The number of benzene rings is 1. The molecule has 0 aliphatic carbocycles. The molecule has 1 aliphatic heterocycles. The maximum absolute atomic E-state index is 12.5. The predicted molar refractivity (Wildman–Crippen MR) is 105 cm³/mol. The highest BCUT2D eigenvalue weighted by atomic mass is 35.5. The topological polar surface area (TPSA) is 62.6 Å². The van der Waals surface area contributed by atoms with E-state index in [1.165, 1.54) is 0 Å². The Kier molecular flexibility index (Phi) is 6.56. The van der Waals surface area contributed by atoms with Crippen molar-refractivity contribution in [3.05, 3.63) is 58.5 Å². The molecule has 1 N–H and O–H groups in total. The van der Waals surface area contributed by atoms with E-state index >= 15 is 0 Å². The van der Waals surface area contributed by atoms with Crippen LogP contribution in [0.25, 0.3) is 0 Å². The number of carbonyl (C=O) groups is 2. The first-order chi connectivity index (χ1) is 13.0. The molecule has 1 aliphatic rings. The predicted octanol–water partition coefficient (Wildman–Crippen LogP) is 3.38. The van der Waals surface area contributed by atoms with Gasteiger partial charge < -0.3 is 14.6 Å². The van der Waals surface area contributed by atoms with Crippen molar-refractivity contribution >= 4 is 23.4 Å². The third-order valence-electron chi connectivity index (χ3n) is 4.92. The van der Waals surface area contributed by atoms with E-state index in [4.69, 9.17) is 16.0 Å². The number of aryl methyl sites for hydroxylation is 1. The van der Waals surface area contributed by atoms with Crippen LogP contribution in [0.4, 0.5) is 0 Å². The molecular weight excluding hydrogens is 364 g/mol. The number of carbonyl (C=O) groups excluding carboxylic acids is 2. The van der Waals surface area contributed by atoms with E-state index in [9.17, 15) is 9.59 Å². The molecule has 1 saturated heterocycles. The first-order valence-electron chi connectivity index (χ1n) is 9.36. The second kappa shape index (κ2) is 9.09. The monoisotopic (exact) mass is 388 g/mol. The van der Waals surface area contributed by atoms with Crippen molar-refractivity contribution in [3.63, 3.8) is 0 Å². The van der Waals surface area contributed by atoms with Crippen molar-refractivity contribution in [1.82, 2.24) is 10.2 Å². The molecule has 1 unspecified atom stereocenters. The number of hydrogen-bond donors (Lipinski definition) is 1. The molecule has 144 valence electrons. The van der Waals surface area contributed by atoms with E-state index in [1.54, 1.807) is 4.90 Å². The number of piperidine rings is 1. The second-order valence-electron chi connectivity index (χ2n) is 7.01. The van der Waals surface area contributed by atoms with Gasteiger partial charge in [0.1, 0.15) is 11.5 Å². The normalized spacial score (nSPS) is 17.2. The van der Waals surface area contributed by atoms with Crippen molar-refractivity contribution in [2.45, 2.75) is 32.6 Å². The fourth-order valence-electron chi connectivity index (χ4n) is 3.33. The summed E-state index contributed by atoms with van der Waals surface area (Å²) in [7, 11) is 0. The van der Waals surface area contributed by atoms with Gasteiger partial charge in [0.15, 0.2) is 0 Å². The summed E-state index contributed by atoms with van der Waals surface area (Å²) in [5, 5.41) is 3.68. The molecule has 0 spiro atoms. The van der Waals surface area contributed by atoms with Gasteiger partial charge in [0.2, 0.25) is 11.8 Å². The van der Waals surface area contributed by atoms with Crippen LogP contribution in [-0.2, 0) is 22.4 Å². The Hall–Kier alpha value is -2.27. The van der Waals surface area contributed by atoms with Crippen LogP contribution in [-0.4, -0.2) is 36.3 Å². The molecule has 2 aromatic rings. The van der Waals surface area contributed by atoms with Crippen LogP contribution in [0.2, 0.25) is 5.02 Å². The Morgan fingerprint density at radius 1 is 1.22 bits per heavy atom. The Morgan fingerprint density at radius 3 is 2.70 bits per heavy atom. The summed E-state index contributed by atoms with van der Waals surface area (Å²) in [6, 6.07) is 11.5. The van der Waals surface area contributed by atoms with Gasteiger partial charge in [-0.25, -0.2) is 0 Å². The second-order valence-corrected chi connectivity index (χ2v) is 7.44. The quantitative estimate of drug-likeness (QED) is 0.790. The van der Waals surface area contributed by atoms with Crippen LogP contribution >= 0.6 is 11.6 Å². The highest BCUT2D eigenvalue weighted by Crippen LogP contribution is 2.19. The lowest BCUT2D eigenvalue weighted by Gasteiger charge is -2.32. The van der Waals surface area contributed by atoms with Gasteiger partial charge in [-0.05, 0) is 49.6 Å². The number of nitrogens with zero attached hydrogens (tertiary/aromatic N) is 1. The molecule has 27 heavy (non-hydrogen) atoms. The highest BCUT2D eigenvalue weighted by Gasteiger charge is 2.29. The van der Waals surface area contributed by atoms with Gasteiger partial charge in [0.25, 0.3) is 0 Å². The number of furan rings is 1. The molecule has 0 radical (unpaired) electrons. The van der Waals surface area contributed by atoms with E-state index in [-0.39, 0.29) is 17.7 Å². The average Bonchev–Trinajstić information content (AvgIpc) is 3.07. The molecule has 3 rings (SSSR count). The van der Waals surface area contributed by atoms with Gasteiger partial charge in [-0.1, -0.05) is 23.7 Å². The van der Waals surface area contributed by atoms with E-state index in [2.05, 4.69) is 5.32 Å². The van der Waals surface area contributed by atoms with Gasteiger partial charge in [-0.3, -0.25) is 9.59 Å². The Bertz CT molecular complexity index is 785. The molecule has 1 atom stereocenters. The molecule has 0 bridgehead atoms. The smallest absolute Gasteiger partial charge is 0.224 e. The van der Waals surface area contributed by atoms with Crippen LogP contribution in [0.5, 0.6) is 0 Å². The van der Waals surface area contributed by atoms with E-state index < -0.39 is 0 Å². The third kappa shape index (κ3) is 5.60. The van der Waals surface area contributed by atoms with E-state index in [0.29, 0.717) is 43.9 Å². The summed E-state index contributed by atoms with van der Waals surface area (Å²) in [5.74, 6) is 1.74. The molecule has 1 fully saturated rings. The van der Waals surface area contributed by atoms with Gasteiger partial charge in [0, 0.05) is 37.5 Å². The fraction of sp³-hybridized carbons (Fsp3) is 0.429. The first-order valence-corrected chi connectivity index (χ1v) is 9.74.